The fraction of sp³-hybridized carbons (Fsp3) is 0.500. The van der Waals surface area contributed by atoms with Gasteiger partial charge in [-0.1, -0.05) is 41.7 Å². The second-order valence-corrected chi connectivity index (χ2v) is 6.59. The molecule has 8 heteroatoms. The fourth-order valence-electron chi connectivity index (χ4n) is 2.95. The minimum absolute atomic E-state index is 0. The standard InChI is InChI=1S/C18H24ClN5O.HI/c1-2-20-18(22-15-8-3-4-9-15)21-11-10-16-23-17(24-25-16)13-6-5-7-14(19)12-13;/h5-7,12,15H,2-4,8-11H2,1H3,(H2,20,21,22);1H. The van der Waals surface area contributed by atoms with Crippen molar-refractivity contribution in [2.75, 3.05) is 13.1 Å². The molecule has 1 saturated carbocycles. The SMILES string of the molecule is CCNC(=NCCc1nc(-c2cccc(Cl)c2)no1)NC1CCCC1.I. The van der Waals surface area contributed by atoms with Crippen LogP contribution in [-0.2, 0) is 6.42 Å². The lowest BCUT2D eigenvalue weighted by molar-refractivity contribution is 0.380. The van der Waals surface area contributed by atoms with Gasteiger partial charge in [0.05, 0.1) is 6.54 Å². The molecule has 3 rings (SSSR count). The summed E-state index contributed by atoms with van der Waals surface area (Å²) < 4.78 is 5.32. The Morgan fingerprint density at radius 3 is 2.88 bits per heavy atom. The van der Waals surface area contributed by atoms with E-state index in [1.165, 1.54) is 25.7 Å². The van der Waals surface area contributed by atoms with Crippen LogP contribution in [0.25, 0.3) is 11.4 Å². The molecule has 1 aromatic heterocycles. The summed E-state index contributed by atoms with van der Waals surface area (Å²) >= 11 is 6.00. The number of aliphatic imine (C=N–C) groups is 1. The Bertz CT molecular complexity index is 715. The van der Waals surface area contributed by atoms with Crippen molar-refractivity contribution in [3.63, 3.8) is 0 Å². The lowest BCUT2D eigenvalue weighted by atomic mass is 10.2. The van der Waals surface area contributed by atoms with Gasteiger partial charge in [0.25, 0.3) is 0 Å². The second-order valence-electron chi connectivity index (χ2n) is 6.16. The van der Waals surface area contributed by atoms with Crippen molar-refractivity contribution >= 4 is 41.5 Å². The lowest BCUT2D eigenvalue weighted by Crippen LogP contribution is -2.42. The van der Waals surface area contributed by atoms with Gasteiger partial charge in [-0.3, -0.25) is 4.99 Å². The monoisotopic (exact) mass is 489 g/mol. The quantitative estimate of drug-likeness (QED) is 0.364. The van der Waals surface area contributed by atoms with Gasteiger partial charge in [-0.15, -0.1) is 24.0 Å². The maximum absolute atomic E-state index is 6.00. The van der Waals surface area contributed by atoms with Gasteiger partial charge in [0.2, 0.25) is 11.7 Å². The van der Waals surface area contributed by atoms with Crippen molar-refractivity contribution in [2.24, 2.45) is 4.99 Å². The number of nitrogens with one attached hydrogen (secondary N) is 2. The minimum Gasteiger partial charge on any atom is -0.357 e. The molecule has 6 nitrogen and oxygen atoms in total. The van der Waals surface area contributed by atoms with E-state index >= 15 is 0 Å². The largest absolute Gasteiger partial charge is 0.357 e. The molecule has 0 atom stereocenters. The van der Waals surface area contributed by atoms with Crippen LogP contribution in [0.4, 0.5) is 0 Å². The van der Waals surface area contributed by atoms with E-state index in [1.54, 1.807) is 0 Å². The minimum atomic E-state index is 0. The maximum Gasteiger partial charge on any atom is 0.228 e. The molecule has 0 spiro atoms. The van der Waals surface area contributed by atoms with Gasteiger partial charge in [-0.25, -0.2) is 0 Å². The summed E-state index contributed by atoms with van der Waals surface area (Å²) in [6.07, 6.45) is 5.64. The first-order valence-corrected chi connectivity index (χ1v) is 9.26. The van der Waals surface area contributed by atoms with E-state index in [9.17, 15) is 0 Å². The number of hydrogen-bond acceptors (Lipinski definition) is 4. The number of guanidine groups is 1. The highest BCUT2D eigenvalue weighted by Crippen LogP contribution is 2.20. The summed E-state index contributed by atoms with van der Waals surface area (Å²) in [4.78, 5) is 9.04. The number of nitrogens with zero attached hydrogens (tertiary/aromatic N) is 3. The van der Waals surface area contributed by atoms with Crippen LogP contribution in [0, 0.1) is 0 Å². The van der Waals surface area contributed by atoms with E-state index in [4.69, 9.17) is 16.1 Å². The molecule has 0 radical (unpaired) electrons. The molecule has 0 unspecified atom stereocenters. The molecule has 0 aliphatic heterocycles. The summed E-state index contributed by atoms with van der Waals surface area (Å²) in [6.45, 7) is 3.51. The van der Waals surface area contributed by atoms with Gasteiger partial charge in [0, 0.05) is 29.6 Å². The van der Waals surface area contributed by atoms with Crippen molar-refractivity contribution in [3.8, 4) is 11.4 Å². The molecule has 2 aromatic rings. The molecule has 1 aliphatic carbocycles. The van der Waals surface area contributed by atoms with Crippen LogP contribution in [0.15, 0.2) is 33.8 Å². The topological polar surface area (TPSA) is 75.3 Å². The highest BCUT2D eigenvalue weighted by Gasteiger charge is 2.16. The Labute approximate surface area is 176 Å². The Hall–Kier alpha value is -1.35. The summed E-state index contributed by atoms with van der Waals surface area (Å²) in [5, 5.41) is 11.5. The highest BCUT2D eigenvalue weighted by molar-refractivity contribution is 14.0. The predicted octanol–water partition coefficient (Wildman–Crippen LogP) is 4.05. The third-order valence-corrected chi connectivity index (χ3v) is 4.42. The fourth-order valence-corrected chi connectivity index (χ4v) is 3.14. The van der Waals surface area contributed by atoms with Gasteiger partial charge >= 0.3 is 0 Å². The second kappa shape index (κ2) is 10.7. The smallest absolute Gasteiger partial charge is 0.228 e. The Balaban J connectivity index is 0.00000243. The van der Waals surface area contributed by atoms with Gasteiger partial charge in [-0.05, 0) is 31.9 Å². The normalized spacial score (nSPS) is 14.9. The molecule has 142 valence electrons. The summed E-state index contributed by atoms with van der Waals surface area (Å²) in [6, 6.07) is 7.96. The van der Waals surface area contributed by atoms with Crippen LogP contribution in [0.1, 0.15) is 38.5 Å². The van der Waals surface area contributed by atoms with Crippen LogP contribution in [-0.4, -0.2) is 35.2 Å². The average molecular weight is 490 g/mol. The van der Waals surface area contributed by atoms with E-state index in [0.29, 0.717) is 35.7 Å². The molecule has 2 N–H and O–H groups in total. The summed E-state index contributed by atoms with van der Waals surface area (Å²) in [5.41, 5.74) is 0.849. The molecular weight excluding hydrogens is 465 g/mol. The van der Waals surface area contributed by atoms with E-state index < -0.39 is 0 Å². The third kappa shape index (κ3) is 6.12. The van der Waals surface area contributed by atoms with Crippen molar-refractivity contribution in [3.05, 3.63) is 35.2 Å². The van der Waals surface area contributed by atoms with Crippen LogP contribution in [0.5, 0.6) is 0 Å². The third-order valence-electron chi connectivity index (χ3n) is 4.19. The molecule has 1 fully saturated rings. The van der Waals surface area contributed by atoms with E-state index in [2.05, 4.69) is 32.7 Å². The highest BCUT2D eigenvalue weighted by atomic mass is 127. The number of aromatic nitrogens is 2. The molecule has 1 heterocycles. The first kappa shape index (κ1) is 21.0. The number of rotatable bonds is 6. The van der Waals surface area contributed by atoms with Crippen LogP contribution < -0.4 is 10.6 Å². The molecule has 1 aromatic carbocycles. The zero-order chi connectivity index (χ0) is 17.5. The molecule has 1 aliphatic rings. The predicted molar refractivity (Wildman–Crippen MR) is 115 cm³/mol. The van der Waals surface area contributed by atoms with Crippen LogP contribution >= 0.6 is 35.6 Å². The summed E-state index contributed by atoms with van der Waals surface area (Å²) in [7, 11) is 0. The lowest BCUT2D eigenvalue weighted by Gasteiger charge is -2.16. The van der Waals surface area contributed by atoms with Crippen molar-refractivity contribution < 1.29 is 4.52 Å². The molecular formula is C18H25ClIN5O. The first-order chi connectivity index (χ1) is 12.2. The van der Waals surface area contributed by atoms with Crippen molar-refractivity contribution in [1.29, 1.82) is 0 Å². The molecule has 0 bridgehead atoms. The molecule has 0 saturated heterocycles. The van der Waals surface area contributed by atoms with Crippen LogP contribution in [0.2, 0.25) is 5.02 Å². The maximum atomic E-state index is 6.00. The van der Waals surface area contributed by atoms with E-state index in [-0.39, 0.29) is 24.0 Å². The van der Waals surface area contributed by atoms with Gasteiger partial charge in [0.15, 0.2) is 5.96 Å². The Morgan fingerprint density at radius 1 is 1.35 bits per heavy atom. The van der Waals surface area contributed by atoms with Crippen LogP contribution in [0.3, 0.4) is 0 Å². The zero-order valence-corrected chi connectivity index (χ0v) is 18.0. The zero-order valence-electron chi connectivity index (χ0n) is 14.9. The number of hydrogen-bond donors (Lipinski definition) is 2. The molecule has 0 amide bonds. The van der Waals surface area contributed by atoms with Gasteiger partial charge in [0.1, 0.15) is 0 Å². The van der Waals surface area contributed by atoms with Gasteiger partial charge in [-0.2, -0.15) is 4.98 Å². The van der Waals surface area contributed by atoms with Crippen molar-refractivity contribution in [2.45, 2.75) is 45.1 Å². The number of benzene rings is 1. The van der Waals surface area contributed by atoms with E-state index in [0.717, 1.165) is 18.1 Å². The molecule has 26 heavy (non-hydrogen) atoms. The van der Waals surface area contributed by atoms with Gasteiger partial charge < -0.3 is 15.2 Å². The average Bonchev–Trinajstić information content (AvgIpc) is 3.27. The van der Waals surface area contributed by atoms with E-state index in [1.807, 2.05) is 24.3 Å². The number of halogens is 2. The first-order valence-electron chi connectivity index (χ1n) is 8.88. The Morgan fingerprint density at radius 2 is 2.15 bits per heavy atom. The Kier molecular flexibility index (Phi) is 8.64. The summed E-state index contributed by atoms with van der Waals surface area (Å²) in [5.74, 6) is 2.00. The van der Waals surface area contributed by atoms with Crippen molar-refractivity contribution in [1.82, 2.24) is 20.8 Å².